The highest BCUT2D eigenvalue weighted by Crippen LogP contribution is 2.74. The molecular formula is C86H67N4P. The Balaban J connectivity index is 1.30. The largest absolute Gasteiger partial charge is 0.252 e. The van der Waals surface area contributed by atoms with Crippen LogP contribution in [-0.2, 0) is 17.6 Å². The van der Waals surface area contributed by atoms with E-state index < -0.39 is 18.6 Å². The fraction of sp³-hybridized carbons (Fsp3) is 0.0698. The summed E-state index contributed by atoms with van der Waals surface area (Å²) in [4.78, 5) is 0. The van der Waals surface area contributed by atoms with E-state index in [4.69, 9.17) is 4.74 Å². The first-order valence-corrected chi connectivity index (χ1v) is 33.2. The molecule has 0 bridgehead atoms. The van der Waals surface area contributed by atoms with E-state index in [-0.39, 0.29) is 0 Å². The summed E-state index contributed by atoms with van der Waals surface area (Å²) < 4.78 is 15.4. The number of hydrogen-bond donors (Lipinski definition) is 0. The van der Waals surface area contributed by atoms with Crippen LogP contribution in [0.3, 0.4) is 0 Å². The van der Waals surface area contributed by atoms with Crippen molar-refractivity contribution in [1.29, 1.82) is 0 Å². The van der Waals surface area contributed by atoms with E-state index in [1.165, 1.54) is 16.3 Å². The van der Waals surface area contributed by atoms with Crippen LogP contribution in [0.2, 0.25) is 0 Å². The van der Waals surface area contributed by atoms with Crippen LogP contribution in [0.25, 0.3) is 86.2 Å². The van der Waals surface area contributed by atoms with Crippen molar-refractivity contribution in [2.45, 2.75) is 17.6 Å². The maximum absolute atomic E-state index is 7.05. The van der Waals surface area contributed by atoms with Gasteiger partial charge in [-0.25, -0.2) is 14.1 Å². The Labute approximate surface area is 532 Å². The molecule has 436 valence electrons. The third kappa shape index (κ3) is 8.89. The summed E-state index contributed by atoms with van der Waals surface area (Å²) in [5.74, 6) is 0. The third-order valence-corrected chi connectivity index (χ3v) is 23.0. The lowest BCUT2D eigenvalue weighted by atomic mass is 9.66. The van der Waals surface area contributed by atoms with Gasteiger partial charge in [-0.05, 0) is 147 Å². The minimum Gasteiger partial charge on any atom is -0.252 e. The van der Waals surface area contributed by atoms with Crippen molar-refractivity contribution >= 4 is 99.4 Å². The minimum absolute atomic E-state index is 0.519. The highest BCUT2D eigenvalue weighted by molar-refractivity contribution is 7.59. The van der Waals surface area contributed by atoms with Crippen LogP contribution in [0.15, 0.2) is 344 Å². The predicted molar refractivity (Wildman–Crippen MR) is 387 cm³/mol. The Morgan fingerprint density at radius 1 is 0.253 bits per heavy atom. The van der Waals surface area contributed by atoms with Gasteiger partial charge in [0.1, 0.15) is 11.1 Å². The van der Waals surface area contributed by atoms with Gasteiger partial charge in [-0.15, -0.1) is 0 Å². The Morgan fingerprint density at radius 2 is 0.484 bits per heavy atom. The zero-order valence-electron chi connectivity index (χ0n) is 51.3. The Kier molecular flexibility index (Phi) is 14.1. The first-order valence-electron chi connectivity index (χ1n) is 31.6. The Morgan fingerprint density at radius 3 is 0.791 bits per heavy atom. The molecule has 1 unspecified atom stereocenters. The predicted octanol–water partition coefficient (Wildman–Crippen LogP) is 22.5. The van der Waals surface area contributed by atoms with Gasteiger partial charge in [0.2, 0.25) is 0 Å². The summed E-state index contributed by atoms with van der Waals surface area (Å²) in [7, 11) is 3.13. The molecule has 0 N–H and O–H groups in total. The summed E-state index contributed by atoms with van der Waals surface area (Å²) in [5.41, 5.74) is 6.13. The SMILES string of the molecule is CN(C)P(=Nc1cccc2ccccc12)(N(C)Cc1cccc2ccccc12)N(C(c1cccc2ccccc12)(c1cccc2ccccc12)c1cccc2ccccc12)C(c1cccc2ccccc12)(c1cccc2ccccc12)c1cccc2ccccc12. The molecule has 0 radical (unpaired) electrons. The van der Waals surface area contributed by atoms with Crippen molar-refractivity contribution in [2.24, 2.45) is 4.74 Å². The van der Waals surface area contributed by atoms with Crippen LogP contribution in [-0.4, -0.2) is 35.2 Å². The van der Waals surface area contributed by atoms with Gasteiger partial charge in [0.25, 0.3) is 0 Å². The van der Waals surface area contributed by atoms with Gasteiger partial charge in [-0.3, -0.25) is 4.67 Å². The average molecular weight is 1190 g/mol. The van der Waals surface area contributed by atoms with Crippen LogP contribution in [0.1, 0.15) is 38.9 Å². The second-order valence-electron chi connectivity index (χ2n) is 24.3. The number of nitrogens with zero attached hydrogens (tertiary/aromatic N) is 4. The van der Waals surface area contributed by atoms with Gasteiger partial charge in [0.05, 0.1) is 5.69 Å². The lowest BCUT2D eigenvalue weighted by Crippen LogP contribution is -2.61. The molecule has 16 aromatic rings. The molecule has 0 aliphatic heterocycles. The topological polar surface area (TPSA) is 22.1 Å². The minimum atomic E-state index is -3.92. The van der Waals surface area contributed by atoms with Gasteiger partial charge in [-0.1, -0.05) is 334 Å². The summed E-state index contributed by atoms with van der Waals surface area (Å²) in [6, 6.07) is 128. The van der Waals surface area contributed by atoms with E-state index in [0.29, 0.717) is 6.54 Å². The van der Waals surface area contributed by atoms with Crippen LogP contribution < -0.4 is 0 Å². The summed E-state index contributed by atoms with van der Waals surface area (Å²) in [5, 5.41) is 18.2. The summed E-state index contributed by atoms with van der Waals surface area (Å²) in [6.07, 6.45) is 0. The molecule has 0 aliphatic rings. The number of rotatable bonds is 14. The second kappa shape index (κ2) is 22.9. The van der Waals surface area contributed by atoms with Gasteiger partial charge < -0.3 is 0 Å². The van der Waals surface area contributed by atoms with Gasteiger partial charge >= 0.3 is 0 Å². The normalized spacial score (nSPS) is 13.0. The average Bonchev–Trinajstić information content (AvgIpc) is 0.663. The summed E-state index contributed by atoms with van der Waals surface area (Å²) in [6.45, 7) is 0.519. The standard InChI is InChI=1S/C86H67N4P/c1-88(2)91(87-84-59-27-43-68-35-11-19-52-77(68)84,89(3)60-69-44-20-36-61-28-4-12-45-70(61)69)90(85(78-53-21-37-62-29-5-13-46-71(62)78,79-54-22-38-63-30-6-14-47-72(63)79)80-55-23-39-64-31-7-15-48-73(64)80)86(81-56-24-40-65-32-8-16-49-74(65)81,82-57-25-41-66-33-9-17-50-75(66)82)83-58-26-42-67-34-10-18-51-76(67)83/h4-59H,60H2,1-3H3. The van der Waals surface area contributed by atoms with Crippen LogP contribution in [0.4, 0.5) is 5.69 Å². The van der Waals surface area contributed by atoms with Crippen molar-refractivity contribution in [1.82, 2.24) is 14.0 Å². The first-order chi connectivity index (χ1) is 44.9. The van der Waals surface area contributed by atoms with Gasteiger partial charge in [-0.2, -0.15) is 0 Å². The van der Waals surface area contributed by atoms with Gasteiger partial charge in [0, 0.05) is 11.9 Å². The molecule has 16 aromatic carbocycles. The second-order valence-corrected chi connectivity index (χ2v) is 27.5. The van der Waals surface area contributed by atoms with Gasteiger partial charge in [0.15, 0.2) is 7.51 Å². The van der Waals surface area contributed by atoms with Crippen molar-refractivity contribution in [3.8, 4) is 0 Å². The smallest absolute Gasteiger partial charge is 0.175 e. The molecule has 0 fully saturated rings. The van der Waals surface area contributed by atoms with Crippen LogP contribution >= 0.6 is 7.51 Å². The molecule has 0 saturated carbocycles. The van der Waals surface area contributed by atoms with E-state index in [0.717, 1.165) is 114 Å². The fourth-order valence-corrected chi connectivity index (χ4v) is 19.5. The molecule has 16 rings (SSSR count). The monoisotopic (exact) mass is 1190 g/mol. The van der Waals surface area contributed by atoms with Crippen molar-refractivity contribution in [3.05, 3.63) is 379 Å². The lowest BCUT2D eigenvalue weighted by Gasteiger charge is -2.63. The zero-order valence-corrected chi connectivity index (χ0v) is 52.2. The Bertz CT molecular complexity index is 4860. The summed E-state index contributed by atoms with van der Waals surface area (Å²) >= 11 is 0. The third-order valence-electron chi connectivity index (χ3n) is 19.3. The fourth-order valence-electron chi connectivity index (χ4n) is 15.5. The van der Waals surface area contributed by atoms with E-state index >= 15 is 0 Å². The van der Waals surface area contributed by atoms with E-state index in [9.17, 15) is 0 Å². The van der Waals surface area contributed by atoms with E-state index in [2.05, 4.69) is 375 Å². The van der Waals surface area contributed by atoms with Crippen LogP contribution in [0.5, 0.6) is 0 Å². The number of benzene rings is 16. The maximum atomic E-state index is 7.05. The quantitative estimate of drug-likeness (QED) is 0.0800. The maximum Gasteiger partial charge on any atom is 0.175 e. The molecule has 0 aromatic heterocycles. The zero-order chi connectivity index (χ0) is 61.1. The van der Waals surface area contributed by atoms with E-state index in [1.54, 1.807) is 0 Å². The highest BCUT2D eigenvalue weighted by atomic mass is 31.2. The highest BCUT2D eigenvalue weighted by Gasteiger charge is 2.63. The van der Waals surface area contributed by atoms with Crippen molar-refractivity contribution in [3.63, 3.8) is 0 Å². The molecule has 0 heterocycles. The lowest BCUT2D eigenvalue weighted by molar-refractivity contribution is 0.164. The van der Waals surface area contributed by atoms with E-state index in [1.807, 2.05) is 0 Å². The van der Waals surface area contributed by atoms with Crippen LogP contribution in [0, 0.1) is 0 Å². The van der Waals surface area contributed by atoms with Crippen molar-refractivity contribution in [2.75, 3.05) is 21.1 Å². The molecule has 0 spiro atoms. The number of fused-ring (bicyclic) bond motifs is 8. The molecule has 1 atom stereocenters. The van der Waals surface area contributed by atoms with Crippen molar-refractivity contribution < 1.29 is 0 Å². The molecular weight excluding hydrogens is 1120 g/mol. The molecule has 91 heavy (non-hydrogen) atoms. The molecule has 0 amide bonds. The molecule has 4 nitrogen and oxygen atoms in total. The molecule has 0 aliphatic carbocycles. The number of hydrogen-bond acceptors (Lipinski definition) is 1. The molecule has 0 saturated heterocycles. The first kappa shape index (κ1) is 56.0. The Hall–Kier alpha value is -10.3. The molecule has 5 heteroatoms.